The van der Waals surface area contributed by atoms with Gasteiger partial charge in [0.05, 0.1) is 11.9 Å². The van der Waals surface area contributed by atoms with E-state index in [-0.39, 0.29) is 10.6 Å². The number of rotatable bonds is 2. The SMILES string of the molecule is Cn1ncc(N[C@@H]2CC=CCC2)c(Cl)c1=O. The van der Waals surface area contributed by atoms with Crippen molar-refractivity contribution >= 4 is 17.3 Å². The molecule has 1 atom stereocenters. The third kappa shape index (κ3) is 2.27. The molecule has 0 saturated carbocycles. The number of anilines is 1. The number of hydrogen-bond acceptors (Lipinski definition) is 3. The molecular weight excluding hydrogens is 226 g/mol. The zero-order valence-corrected chi connectivity index (χ0v) is 9.87. The average Bonchev–Trinajstić information content (AvgIpc) is 2.31. The van der Waals surface area contributed by atoms with Gasteiger partial charge in [0.15, 0.2) is 0 Å². The van der Waals surface area contributed by atoms with Gasteiger partial charge < -0.3 is 5.32 Å². The number of nitrogens with one attached hydrogen (secondary N) is 1. The van der Waals surface area contributed by atoms with Crippen LogP contribution in [-0.2, 0) is 7.05 Å². The molecule has 0 amide bonds. The highest BCUT2D eigenvalue weighted by atomic mass is 35.5. The van der Waals surface area contributed by atoms with Crippen molar-refractivity contribution < 1.29 is 0 Å². The van der Waals surface area contributed by atoms with Crippen molar-refractivity contribution in [1.82, 2.24) is 9.78 Å². The minimum atomic E-state index is -0.266. The highest BCUT2D eigenvalue weighted by molar-refractivity contribution is 6.32. The monoisotopic (exact) mass is 239 g/mol. The molecule has 0 fully saturated rings. The van der Waals surface area contributed by atoms with Crippen molar-refractivity contribution in [2.75, 3.05) is 5.32 Å². The molecule has 1 aliphatic rings. The number of aryl methyl sites for hydroxylation is 1. The van der Waals surface area contributed by atoms with Crippen LogP contribution in [0.2, 0.25) is 5.02 Å². The normalized spacial score (nSPS) is 19.8. The third-order valence-corrected chi connectivity index (χ3v) is 3.07. The van der Waals surface area contributed by atoms with Crippen LogP contribution in [0.5, 0.6) is 0 Å². The van der Waals surface area contributed by atoms with Gasteiger partial charge >= 0.3 is 0 Å². The Morgan fingerprint density at radius 2 is 2.38 bits per heavy atom. The van der Waals surface area contributed by atoms with Crippen molar-refractivity contribution in [2.45, 2.75) is 25.3 Å². The van der Waals surface area contributed by atoms with E-state index in [0.717, 1.165) is 19.3 Å². The maximum absolute atomic E-state index is 11.5. The lowest BCUT2D eigenvalue weighted by Crippen LogP contribution is -2.25. The summed E-state index contributed by atoms with van der Waals surface area (Å²) in [5.41, 5.74) is 0.364. The van der Waals surface area contributed by atoms with Gasteiger partial charge in [-0.2, -0.15) is 5.10 Å². The van der Waals surface area contributed by atoms with Crippen LogP contribution in [0, 0.1) is 0 Å². The van der Waals surface area contributed by atoms with Crippen molar-refractivity contribution in [3.8, 4) is 0 Å². The van der Waals surface area contributed by atoms with E-state index in [1.807, 2.05) is 0 Å². The van der Waals surface area contributed by atoms with Crippen molar-refractivity contribution in [2.24, 2.45) is 7.05 Å². The van der Waals surface area contributed by atoms with Crippen LogP contribution in [0.3, 0.4) is 0 Å². The van der Waals surface area contributed by atoms with E-state index in [1.165, 1.54) is 4.68 Å². The Hall–Kier alpha value is -1.29. The van der Waals surface area contributed by atoms with Crippen molar-refractivity contribution in [1.29, 1.82) is 0 Å². The Bertz CT molecular complexity index is 467. The molecule has 0 bridgehead atoms. The standard InChI is InChI=1S/C11H14ClN3O/c1-15-11(16)10(12)9(7-13-15)14-8-5-3-2-4-6-8/h2-3,7-8,14H,4-6H2,1H3/t8-/m1/s1. The van der Waals surface area contributed by atoms with Gasteiger partial charge in [0.25, 0.3) is 5.56 Å². The van der Waals surface area contributed by atoms with Gasteiger partial charge in [-0.3, -0.25) is 4.79 Å². The topological polar surface area (TPSA) is 46.9 Å². The summed E-state index contributed by atoms with van der Waals surface area (Å²) in [6.45, 7) is 0. The van der Waals surface area contributed by atoms with Gasteiger partial charge in [-0.15, -0.1) is 0 Å². The van der Waals surface area contributed by atoms with Gasteiger partial charge in [0.1, 0.15) is 5.02 Å². The lowest BCUT2D eigenvalue weighted by atomic mass is 10.0. The first-order chi connectivity index (χ1) is 7.68. The first kappa shape index (κ1) is 11.2. The van der Waals surface area contributed by atoms with Crippen LogP contribution in [0.1, 0.15) is 19.3 Å². The number of halogens is 1. The van der Waals surface area contributed by atoms with E-state index in [4.69, 9.17) is 11.6 Å². The molecule has 0 unspecified atom stereocenters. The summed E-state index contributed by atoms with van der Waals surface area (Å²) >= 11 is 5.96. The van der Waals surface area contributed by atoms with Crippen molar-refractivity contribution in [3.63, 3.8) is 0 Å². The fourth-order valence-corrected chi connectivity index (χ4v) is 1.98. The van der Waals surface area contributed by atoms with E-state index in [9.17, 15) is 4.79 Å². The molecule has 1 aromatic heterocycles. The van der Waals surface area contributed by atoms with E-state index in [0.29, 0.717) is 11.7 Å². The van der Waals surface area contributed by atoms with Crippen LogP contribution in [-0.4, -0.2) is 15.8 Å². The van der Waals surface area contributed by atoms with E-state index >= 15 is 0 Å². The summed E-state index contributed by atoms with van der Waals surface area (Å²) in [7, 11) is 1.58. The van der Waals surface area contributed by atoms with Crippen LogP contribution < -0.4 is 10.9 Å². The van der Waals surface area contributed by atoms with Crippen LogP contribution >= 0.6 is 11.6 Å². The molecule has 1 heterocycles. The lowest BCUT2D eigenvalue weighted by molar-refractivity contribution is 0.640. The van der Waals surface area contributed by atoms with Crippen molar-refractivity contribution in [3.05, 3.63) is 33.7 Å². The molecule has 1 N–H and O–H groups in total. The highest BCUT2D eigenvalue weighted by Crippen LogP contribution is 2.20. The first-order valence-electron chi connectivity index (χ1n) is 5.32. The minimum Gasteiger partial charge on any atom is -0.379 e. The summed E-state index contributed by atoms with van der Waals surface area (Å²) in [4.78, 5) is 11.5. The largest absolute Gasteiger partial charge is 0.379 e. The second kappa shape index (κ2) is 4.70. The van der Waals surface area contributed by atoms with Gasteiger partial charge in [-0.1, -0.05) is 23.8 Å². The summed E-state index contributed by atoms with van der Waals surface area (Å²) < 4.78 is 1.23. The first-order valence-corrected chi connectivity index (χ1v) is 5.69. The Kier molecular flexibility index (Phi) is 3.29. The molecule has 2 rings (SSSR count). The molecule has 1 aliphatic carbocycles. The summed E-state index contributed by atoms with van der Waals surface area (Å²) in [5.74, 6) is 0. The molecule has 0 aromatic carbocycles. The Labute approximate surface area is 98.9 Å². The van der Waals surface area contributed by atoms with E-state index < -0.39 is 0 Å². The lowest BCUT2D eigenvalue weighted by Gasteiger charge is -2.20. The van der Waals surface area contributed by atoms with Gasteiger partial charge in [0.2, 0.25) is 0 Å². The zero-order valence-electron chi connectivity index (χ0n) is 9.11. The second-order valence-electron chi connectivity index (χ2n) is 3.93. The Morgan fingerprint density at radius 1 is 1.56 bits per heavy atom. The van der Waals surface area contributed by atoms with Crippen LogP contribution in [0.25, 0.3) is 0 Å². The van der Waals surface area contributed by atoms with Crippen LogP contribution in [0.15, 0.2) is 23.1 Å². The molecule has 86 valence electrons. The predicted molar refractivity (Wildman–Crippen MR) is 64.9 cm³/mol. The zero-order chi connectivity index (χ0) is 11.5. The number of aromatic nitrogens is 2. The summed E-state index contributed by atoms with van der Waals surface area (Å²) in [6, 6.07) is 0.344. The molecule has 0 spiro atoms. The highest BCUT2D eigenvalue weighted by Gasteiger charge is 2.13. The fourth-order valence-electron chi connectivity index (χ4n) is 1.76. The average molecular weight is 240 g/mol. The summed E-state index contributed by atoms with van der Waals surface area (Å²) in [5, 5.41) is 7.42. The fraction of sp³-hybridized carbons (Fsp3) is 0.455. The molecule has 4 nitrogen and oxygen atoms in total. The maximum Gasteiger partial charge on any atom is 0.287 e. The summed E-state index contributed by atoms with van der Waals surface area (Å²) in [6.07, 6.45) is 8.99. The molecule has 0 radical (unpaired) electrons. The quantitative estimate of drug-likeness (QED) is 0.803. The van der Waals surface area contributed by atoms with Gasteiger partial charge in [-0.05, 0) is 19.3 Å². The maximum atomic E-state index is 11.5. The van der Waals surface area contributed by atoms with Crippen LogP contribution in [0.4, 0.5) is 5.69 Å². The van der Waals surface area contributed by atoms with Gasteiger partial charge in [-0.25, -0.2) is 4.68 Å². The Balaban J connectivity index is 2.18. The molecule has 0 saturated heterocycles. The minimum absolute atomic E-state index is 0.215. The van der Waals surface area contributed by atoms with E-state index in [2.05, 4.69) is 22.6 Å². The van der Waals surface area contributed by atoms with E-state index in [1.54, 1.807) is 13.2 Å². The predicted octanol–water partition coefficient (Wildman–Crippen LogP) is 1.95. The molecular formula is C11H14ClN3O. The smallest absolute Gasteiger partial charge is 0.287 e. The second-order valence-corrected chi connectivity index (χ2v) is 4.30. The molecule has 0 aliphatic heterocycles. The number of nitrogens with zero attached hydrogens (tertiary/aromatic N) is 2. The Morgan fingerprint density at radius 3 is 3.06 bits per heavy atom. The number of allylic oxidation sites excluding steroid dienone is 1. The molecule has 1 aromatic rings. The number of hydrogen-bond donors (Lipinski definition) is 1. The third-order valence-electron chi connectivity index (χ3n) is 2.71. The molecule has 5 heteroatoms. The van der Waals surface area contributed by atoms with Gasteiger partial charge in [0, 0.05) is 13.1 Å². The molecule has 16 heavy (non-hydrogen) atoms.